The molecular weight excluding hydrogens is 508 g/mol. The van der Waals surface area contributed by atoms with Gasteiger partial charge in [-0.05, 0) is 64.3 Å². The number of hydrogen-bond acceptors (Lipinski definition) is 6. The zero-order chi connectivity index (χ0) is 27.4. The van der Waals surface area contributed by atoms with E-state index in [1.54, 1.807) is 30.0 Å². The van der Waals surface area contributed by atoms with Gasteiger partial charge < -0.3 is 14.4 Å². The van der Waals surface area contributed by atoms with E-state index in [4.69, 9.17) is 14.2 Å². The minimum Gasteiger partial charge on any atom is -0.490 e. The fourth-order valence-corrected chi connectivity index (χ4v) is 4.99. The highest BCUT2D eigenvalue weighted by atomic mass is 19.3. The Balaban J connectivity index is 1.61. The summed E-state index contributed by atoms with van der Waals surface area (Å²) >= 11 is 0. The van der Waals surface area contributed by atoms with Crippen molar-refractivity contribution in [2.45, 2.75) is 52.7 Å². The van der Waals surface area contributed by atoms with Crippen molar-refractivity contribution in [3.8, 4) is 33.7 Å². The van der Waals surface area contributed by atoms with Crippen LogP contribution in [0.3, 0.4) is 0 Å². The van der Waals surface area contributed by atoms with Gasteiger partial charge in [0.25, 0.3) is 0 Å². The molecule has 4 aromatic heterocycles. The molecule has 0 spiro atoms. The van der Waals surface area contributed by atoms with Gasteiger partial charge in [0.05, 0.1) is 34.9 Å². The van der Waals surface area contributed by atoms with Gasteiger partial charge in [-0.3, -0.25) is 4.57 Å². The number of carboxylic acid groups (broad SMARTS) is 1. The predicted molar refractivity (Wildman–Crippen MR) is 138 cm³/mol. The summed E-state index contributed by atoms with van der Waals surface area (Å²) in [5, 5.41) is 18.4. The summed E-state index contributed by atoms with van der Waals surface area (Å²) in [4.78, 5) is 16.5. The average molecular weight is 534 g/mol. The summed E-state index contributed by atoms with van der Waals surface area (Å²) in [6, 6.07) is 6.73. The molecule has 5 aromatic rings. The number of rotatable bonds is 7. The van der Waals surface area contributed by atoms with Crippen molar-refractivity contribution in [3.63, 3.8) is 0 Å². The van der Waals surface area contributed by atoms with Crippen molar-refractivity contribution in [3.05, 3.63) is 65.6 Å². The molecule has 1 aliphatic rings. The Labute approximate surface area is 221 Å². The lowest BCUT2D eigenvalue weighted by Crippen LogP contribution is -2.24. The van der Waals surface area contributed by atoms with Crippen LogP contribution in [-0.2, 0) is 0 Å². The molecule has 6 rings (SSSR count). The van der Waals surface area contributed by atoms with Gasteiger partial charge in [-0.15, -0.1) is 0 Å². The highest BCUT2D eigenvalue weighted by molar-refractivity contribution is 6.00. The molecule has 1 N–H and O–H groups in total. The first-order valence-electron chi connectivity index (χ1n) is 12.5. The summed E-state index contributed by atoms with van der Waals surface area (Å²) in [5.74, 6) is 0.0322. The van der Waals surface area contributed by atoms with Crippen molar-refractivity contribution < 1.29 is 27.9 Å². The van der Waals surface area contributed by atoms with E-state index in [2.05, 4.69) is 10.3 Å². The summed E-state index contributed by atoms with van der Waals surface area (Å²) < 4.78 is 40.9. The van der Waals surface area contributed by atoms with E-state index in [-0.39, 0.29) is 11.7 Å². The number of fused-ring (bicyclic) bond motifs is 1. The number of carboxylic acids is 1. The molecule has 1 aliphatic carbocycles. The van der Waals surface area contributed by atoms with Crippen LogP contribution < -0.4 is 4.74 Å². The monoisotopic (exact) mass is 533 g/mol. The minimum absolute atomic E-state index is 0.00338. The molecule has 4 heterocycles. The molecule has 200 valence electrons. The topological polar surface area (TPSA) is 108 Å². The molecular formula is C28H25F2N5O4. The van der Waals surface area contributed by atoms with Gasteiger partial charge >= 0.3 is 12.5 Å². The van der Waals surface area contributed by atoms with Crippen LogP contribution >= 0.6 is 0 Å². The zero-order valence-corrected chi connectivity index (χ0v) is 21.5. The number of aromatic carboxylic acids is 1. The summed E-state index contributed by atoms with van der Waals surface area (Å²) in [5.41, 5.74) is 5.18. The predicted octanol–water partition coefficient (Wildman–Crippen LogP) is 6.49. The largest absolute Gasteiger partial charge is 0.490 e. The van der Waals surface area contributed by atoms with Gasteiger partial charge in [0.15, 0.2) is 0 Å². The van der Waals surface area contributed by atoms with Crippen molar-refractivity contribution in [2.75, 3.05) is 0 Å². The highest BCUT2D eigenvalue weighted by Gasteiger charge is 2.25. The molecule has 1 fully saturated rings. The second-order valence-electron chi connectivity index (χ2n) is 9.75. The Morgan fingerprint density at radius 3 is 2.54 bits per heavy atom. The van der Waals surface area contributed by atoms with Crippen LogP contribution in [0.5, 0.6) is 5.75 Å². The Kier molecular flexibility index (Phi) is 5.93. The zero-order valence-electron chi connectivity index (χ0n) is 21.5. The van der Waals surface area contributed by atoms with Crippen LogP contribution in [0.2, 0.25) is 0 Å². The molecule has 39 heavy (non-hydrogen) atoms. The van der Waals surface area contributed by atoms with Crippen LogP contribution in [0.15, 0.2) is 47.4 Å². The van der Waals surface area contributed by atoms with Gasteiger partial charge in [0.1, 0.15) is 17.2 Å². The number of aromatic nitrogens is 5. The Bertz CT molecular complexity index is 1710. The van der Waals surface area contributed by atoms with E-state index in [0.29, 0.717) is 50.0 Å². The van der Waals surface area contributed by atoms with E-state index in [9.17, 15) is 18.7 Å². The fraction of sp³-hybridized carbons (Fsp3) is 0.286. The molecule has 1 saturated carbocycles. The SMILES string of the molecule is Cc1nn(C(F)F)cc1-n1cc(-c2ccc(C(=O)O)cc2OC2CCC2)c2cc(-c3c(C)noc3C)cnc21. The fourth-order valence-electron chi connectivity index (χ4n) is 4.99. The molecule has 1 aromatic carbocycles. The number of alkyl halides is 2. The third-order valence-electron chi connectivity index (χ3n) is 7.18. The lowest BCUT2D eigenvalue weighted by molar-refractivity contribution is 0.0562. The second kappa shape index (κ2) is 9.33. The lowest BCUT2D eigenvalue weighted by Gasteiger charge is -2.27. The number of ether oxygens (including phenoxy) is 1. The first-order chi connectivity index (χ1) is 18.7. The standard InChI is InChI=1S/C28H25F2N5O4/c1-14-23(13-35(32-14)28(29)30)34-12-22(20-8-7-17(27(36)37)10-24(20)38-19-5-4-6-19)21-9-18(11-31-26(21)34)25-15(2)33-39-16(25)3/h7-13,19,28H,4-6H2,1-3H3,(H,36,37). The van der Waals surface area contributed by atoms with Crippen molar-refractivity contribution >= 4 is 17.0 Å². The smallest absolute Gasteiger partial charge is 0.335 e. The molecule has 0 amide bonds. The highest BCUT2D eigenvalue weighted by Crippen LogP contribution is 2.41. The number of hydrogen-bond donors (Lipinski definition) is 1. The number of nitrogens with zero attached hydrogens (tertiary/aromatic N) is 5. The van der Waals surface area contributed by atoms with Crippen molar-refractivity contribution in [2.24, 2.45) is 0 Å². The number of carbonyl (C=O) groups is 1. The summed E-state index contributed by atoms with van der Waals surface area (Å²) in [6.07, 6.45) is 7.62. The summed E-state index contributed by atoms with van der Waals surface area (Å²) in [7, 11) is 0. The van der Waals surface area contributed by atoms with E-state index in [0.717, 1.165) is 35.8 Å². The Morgan fingerprint density at radius 1 is 1.13 bits per heavy atom. The lowest BCUT2D eigenvalue weighted by atomic mass is 9.95. The van der Waals surface area contributed by atoms with Crippen LogP contribution in [0.4, 0.5) is 8.78 Å². The van der Waals surface area contributed by atoms with Crippen LogP contribution in [0, 0.1) is 20.8 Å². The average Bonchev–Trinajstić information content (AvgIpc) is 3.55. The second-order valence-corrected chi connectivity index (χ2v) is 9.75. The van der Waals surface area contributed by atoms with Crippen molar-refractivity contribution in [1.82, 2.24) is 24.5 Å². The van der Waals surface area contributed by atoms with Gasteiger partial charge in [0.2, 0.25) is 0 Å². The number of aryl methyl sites for hydroxylation is 3. The number of halogens is 2. The van der Waals surface area contributed by atoms with Gasteiger partial charge in [-0.1, -0.05) is 5.16 Å². The van der Waals surface area contributed by atoms with Crippen LogP contribution in [0.1, 0.15) is 53.3 Å². The quantitative estimate of drug-likeness (QED) is 0.255. The molecule has 0 radical (unpaired) electrons. The molecule has 0 bridgehead atoms. The van der Waals surface area contributed by atoms with Gasteiger partial charge in [0, 0.05) is 40.0 Å². The maximum absolute atomic E-state index is 13.5. The Morgan fingerprint density at radius 2 is 1.92 bits per heavy atom. The number of benzene rings is 1. The molecule has 0 saturated heterocycles. The third kappa shape index (κ3) is 4.23. The van der Waals surface area contributed by atoms with Crippen molar-refractivity contribution in [1.29, 1.82) is 0 Å². The molecule has 0 unspecified atom stereocenters. The third-order valence-corrected chi connectivity index (χ3v) is 7.18. The molecule has 9 nitrogen and oxygen atoms in total. The molecule has 0 atom stereocenters. The maximum Gasteiger partial charge on any atom is 0.335 e. The molecule has 11 heteroatoms. The van der Waals surface area contributed by atoms with E-state index in [1.807, 2.05) is 19.9 Å². The van der Waals surface area contributed by atoms with Gasteiger partial charge in [-0.2, -0.15) is 13.9 Å². The Hall–Kier alpha value is -4.54. The van der Waals surface area contributed by atoms with Crippen LogP contribution in [0.25, 0.3) is 39.0 Å². The first kappa shape index (κ1) is 24.8. The van der Waals surface area contributed by atoms with Gasteiger partial charge in [-0.25, -0.2) is 14.5 Å². The summed E-state index contributed by atoms with van der Waals surface area (Å²) in [6.45, 7) is 2.54. The maximum atomic E-state index is 13.5. The van der Waals surface area contributed by atoms with E-state index in [1.165, 1.54) is 18.3 Å². The minimum atomic E-state index is -2.79. The van der Waals surface area contributed by atoms with Crippen LogP contribution in [-0.4, -0.2) is 41.7 Å². The number of pyridine rings is 1. The normalized spacial score (nSPS) is 13.8. The molecule has 0 aliphatic heterocycles. The van der Waals surface area contributed by atoms with E-state index >= 15 is 0 Å². The first-order valence-corrected chi connectivity index (χ1v) is 12.5. The van der Waals surface area contributed by atoms with E-state index < -0.39 is 12.5 Å².